The molecule has 3 aliphatic rings. The second-order valence-electron chi connectivity index (χ2n) is 5.39. The maximum Gasteiger partial charge on any atom is 0.244 e. The normalized spacial score (nSPS) is 41.5. The summed E-state index contributed by atoms with van der Waals surface area (Å²) in [7, 11) is 2.04. The van der Waals surface area contributed by atoms with Crippen LogP contribution in [0.15, 0.2) is 0 Å². The summed E-state index contributed by atoms with van der Waals surface area (Å²) in [5.41, 5.74) is -0.286. The van der Waals surface area contributed by atoms with Gasteiger partial charge in [0.05, 0.1) is 5.37 Å². The number of likely N-dealkylation sites (N-methyl/N-ethyl adjacent to an activating group) is 1. The van der Waals surface area contributed by atoms with Gasteiger partial charge in [0.1, 0.15) is 11.6 Å². The zero-order valence-electron chi connectivity index (χ0n) is 10.3. The first-order valence-electron chi connectivity index (χ1n) is 6.22. The molecule has 0 aliphatic carbocycles. The summed E-state index contributed by atoms with van der Waals surface area (Å²) < 4.78 is 0. The van der Waals surface area contributed by atoms with Gasteiger partial charge < -0.3 is 4.90 Å². The number of hydrogen-bond acceptors (Lipinski definition) is 4. The molecule has 3 atom stereocenters. The molecule has 0 aromatic carbocycles. The molecule has 0 saturated carbocycles. The number of fused-ring (bicyclic) bond motifs is 1. The standard InChI is InChI=1S/C12H18N2O2S/c1-8(15)9-7-17-10-6-12(11(16)14(9)10)4-3-5-13(12)2/h9-10H,3-7H2,1-2H3. The van der Waals surface area contributed by atoms with Crippen LogP contribution >= 0.6 is 11.8 Å². The molecule has 0 N–H and O–H groups in total. The van der Waals surface area contributed by atoms with E-state index in [1.807, 2.05) is 11.9 Å². The van der Waals surface area contributed by atoms with Gasteiger partial charge in [-0.3, -0.25) is 14.5 Å². The second-order valence-corrected chi connectivity index (χ2v) is 6.60. The number of nitrogens with zero attached hydrogens (tertiary/aromatic N) is 2. The van der Waals surface area contributed by atoms with Crippen LogP contribution in [0.1, 0.15) is 26.2 Å². The first kappa shape index (κ1) is 11.5. The highest BCUT2D eigenvalue weighted by Crippen LogP contribution is 2.48. The maximum absolute atomic E-state index is 12.7. The van der Waals surface area contributed by atoms with Crippen LogP contribution < -0.4 is 0 Å². The van der Waals surface area contributed by atoms with Crippen molar-refractivity contribution in [1.82, 2.24) is 9.80 Å². The van der Waals surface area contributed by atoms with E-state index in [1.54, 1.807) is 18.7 Å². The lowest BCUT2D eigenvalue weighted by Crippen LogP contribution is -2.51. The monoisotopic (exact) mass is 254 g/mol. The minimum Gasteiger partial charge on any atom is -0.318 e. The average Bonchev–Trinajstić information content (AvgIpc) is 2.89. The van der Waals surface area contributed by atoms with Gasteiger partial charge in [0, 0.05) is 12.2 Å². The van der Waals surface area contributed by atoms with Gasteiger partial charge in [0.15, 0.2) is 5.78 Å². The van der Waals surface area contributed by atoms with Gasteiger partial charge in [-0.25, -0.2) is 0 Å². The van der Waals surface area contributed by atoms with Crippen molar-refractivity contribution in [3.05, 3.63) is 0 Å². The number of carbonyl (C=O) groups is 2. The number of rotatable bonds is 1. The molecule has 0 aromatic heterocycles. The Kier molecular flexibility index (Phi) is 2.52. The van der Waals surface area contributed by atoms with Crippen molar-refractivity contribution in [2.75, 3.05) is 19.3 Å². The molecule has 3 rings (SSSR count). The zero-order chi connectivity index (χ0) is 12.2. The van der Waals surface area contributed by atoms with Crippen LogP contribution in [-0.2, 0) is 9.59 Å². The van der Waals surface area contributed by atoms with Crippen LogP contribution in [-0.4, -0.2) is 57.8 Å². The van der Waals surface area contributed by atoms with Crippen LogP contribution in [0.5, 0.6) is 0 Å². The van der Waals surface area contributed by atoms with Gasteiger partial charge in [-0.1, -0.05) is 0 Å². The molecule has 3 heterocycles. The molecule has 3 fully saturated rings. The third kappa shape index (κ3) is 1.41. The van der Waals surface area contributed by atoms with E-state index in [0.29, 0.717) is 0 Å². The van der Waals surface area contributed by atoms with Crippen molar-refractivity contribution >= 4 is 23.5 Å². The molecular formula is C12H18N2O2S. The van der Waals surface area contributed by atoms with E-state index in [-0.39, 0.29) is 28.6 Å². The molecule has 3 aliphatic heterocycles. The van der Waals surface area contributed by atoms with Crippen molar-refractivity contribution < 1.29 is 9.59 Å². The fraction of sp³-hybridized carbons (Fsp3) is 0.833. The van der Waals surface area contributed by atoms with Crippen LogP contribution in [0, 0.1) is 0 Å². The first-order chi connectivity index (χ1) is 8.06. The van der Waals surface area contributed by atoms with Crippen molar-refractivity contribution in [3.63, 3.8) is 0 Å². The topological polar surface area (TPSA) is 40.6 Å². The highest BCUT2D eigenvalue weighted by molar-refractivity contribution is 8.00. The number of carbonyl (C=O) groups excluding carboxylic acids is 2. The van der Waals surface area contributed by atoms with E-state index < -0.39 is 0 Å². The van der Waals surface area contributed by atoms with Crippen molar-refractivity contribution in [1.29, 1.82) is 0 Å². The molecule has 4 nitrogen and oxygen atoms in total. The second kappa shape index (κ2) is 3.72. The summed E-state index contributed by atoms with van der Waals surface area (Å²) in [4.78, 5) is 28.3. The summed E-state index contributed by atoms with van der Waals surface area (Å²) in [6.45, 7) is 2.60. The molecule has 1 spiro atoms. The number of ketones is 1. The molecule has 0 aromatic rings. The Labute approximate surface area is 106 Å². The average molecular weight is 254 g/mol. The predicted octanol–water partition coefficient (Wildman–Crippen LogP) is 0.714. The molecule has 94 valence electrons. The largest absolute Gasteiger partial charge is 0.318 e. The molecule has 0 radical (unpaired) electrons. The molecular weight excluding hydrogens is 236 g/mol. The molecule has 3 unspecified atom stereocenters. The van der Waals surface area contributed by atoms with E-state index >= 15 is 0 Å². The van der Waals surface area contributed by atoms with E-state index in [9.17, 15) is 9.59 Å². The minimum atomic E-state index is -0.286. The summed E-state index contributed by atoms with van der Waals surface area (Å²) in [6.07, 6.45) is 2.95. The quantitative estimate of drug-likeness (QED) is 0.691. The molecule has 17 heavy (non-hydrogen) atoms. The Hall–Kier alpha value is -0.550. The Balaban J connectivity index is 1.92. The third-order valence-electron chi connectivity index (χ3n) is 4.52. The summed E-state index contributed by atoms with van der Waals surface area (Å²) >= 11 is 1.77. The number of amides is 1. The lowest BCUT2D eigenvalue weighted by molar-refractivity contribution is -0.141. The fourth-order valence-electron chi connectivity index (χ4n) is 3.46. The molecule has 1 amide bonds. The molecule has 0 bridgehead atoms. The molecule has 5 heteroatoms. The number of likely N-dealkylation sites (tertiary alicyclic amines) is 1. The van der Waals surface area contributed by atoms with Crippen molar-refractivity contribution in [2.45, 2.75) is 43.1 Å². The Morgan fingerprint density at radius 1 is 1.53 bits per heavy atom. The SMILES string of the molecule is CC(=O)C1CSC2CC3(CCCN3C)C(=O)N21. The Morgan fingerprint density at radius 2 is 2.29 bits per heavy atom. The summed E-state index contributed by atoms with van der Waals surface area (Å²) in [5, 5.41) is 0.233. The van der Waals surface area contributed by atoms with Crippen LogP contribution in [0.4, 0.5) is 0 Å². The lowest BCUT2D eigenvalue weighted by atomic mass is 9.94. The highest BCUT2D eigenvalue weighted by Gasteiger charge is 2.59. The predicted molar refractivity (Wildman–Crippen MR) is 66.8 cm³/mol. The highest BCUT2D eigenvalue weighted by atomic mass is 32.2. The summed E-state index contributed by atoms with van der Waals surface area (Å²) in [5.74, 6) is 1.12. The maximum atomic E-state index is 12.7. The summed E-state index contributed by atoms with van der Waals surface area (Å²) in [6, 6.07) is -0.175. The minimum absolute atomic E-state index is 0.131. The zero-order valence-corrected chi connectivity index (χ0v) is 11.1. The van der Waals surface area contributed by atoms with Crippen LogP contribution in [0.3, 0.4) is 0 Å². The van der Waals surface area contributed by atoms with E-state index in [1.165, 1.54) is 0 Å². The number of thioether (sulfide) groups is 1. The van der Waals surface area contributed by atoms with Gasteiger partial charge in [0.2, 0.25) is 5.91 Å². The third-order valence-corrected chi connectivity index (χ3v) is 5.81. The first-order valence-corrected chi connectivity index (χ1v) is 7.27. The van der Waals surface area contributed by atoms with E-state index in [4.69, 9.17) is 0 Å². The lowest BCUT2D eigenvalue weighted by Gasteiger charge is -2.31. The van der Waals surface area contributed by atoms with Gasteiger partial charge in [-0.2, -0.15) is 0 Å². The van der Waals surface area contributed by atoms with Crippen molar-refractivity contribution in [3.8, 4) is 0 Å². The van der Waals surface area contributed by atoms with Gasteiger partial charge in [-0.05, 0) is 33.4 Å². The van der Waals surface area contributed by atoms with Gasteiger partial charge in [-0.15, -0.1) is 11.8 Å². The number of Topliss-reactive ketones (excluding diaryl/α,β-unsaturated/α-hetero) is 1. The smallest absolute Gasteiger partial charge is 0.244 e. The Morgan fingerprint density at radius 3 is 2.88 bits per heavy atom. The van der Waals surface area contributed by atoms with E-state index in [0.717, 1.165) is 31.6 Å². The fourth-order valence-corrected chi connectivity index (χ4v) is 5.06. The van der Waals surface area contributed by atoms with E-state index in [2.05, 4.69) is 4.90 Å². The van der Waals surface area contributed by atoms with Crippen LogP contribution in [0.2, 0.25) is 0 Å². The number of hydrogen-bond donors (Lipinski definition) is 0. The van der Waals surface area contributed by atoms with Crippen molar-refractivity contribution in [2.24, 2.45) is 0 Å². The Bertz CT molecular complexity index is 387. The molecule has 3 saturated heterocycles. The van der Waals surface area contributed by atoms with Gasteiger partial charge >= 0.3 is 0 Å². The van der Waals surface area contributed by atoms with Crippen LogP contribution in [0.25, 0.3) is 0 Å². The van der Waals surface area contributed by atoms with Gasteiger partial charge in [0.25, 0.3) is 0 Å².